The molecule has 2 aliphatic heterocycles. The summed E-state index contributed by atoms with van der Waals surface area (Å²) in [6, 6.07) is 9.93. The number of hydrogen-bond donors (Lipinski definition) is 3. The van der Waals surface area contributed by atoms with Gasteiger partial charge in [0, 0.05) is 48.8 Å². The van der Waals surface area contributed by atoms with Gasteiger partial charge in [0.2, 0.25) is 5.91 Å². The number of anilines is 1. The highest BCUT2D eigenvalue weighted by molar-refractivity contribution is 5.91. The molecular formula is C24H26N4O3. The van der Waals surface area contributed by atoms with Gasteiger partial charge in [-0.1, -0.05) is 18.2 Å². The smallest absolute Gasteiger partial charge is 0.246 e. The molecule has 2 aromatic heterocycles. The molecule has 31 heavy (non-hydrogen) atoms. The molecule has 5 rings (SSSR count). The first kappa shape index (κ1) is 19.8. The number of para-hydroxylation sites is 1. The van der Waals surface area contributed by atoms with E-state index < -0.39 is 6.23 Å². The van der Waals surface area contributed by atoms with Crippen LogP contribution in [0, 0.1) is 12.3 Å². The summed E-state index contributed by atoms with van der Waals surface area (Å²) >= 11 is 0. The molecule has 2 aliphatic rings. The predicted molar refractivity (Wildman–Crippen MR) is 119 cm³/mol. The van der Waals surface area contributed by atoms with Crippen LogP contribution in [0.1, 0.15) is 22.5 Å². The topological polar surface area (TPSA) is 90.6 Å². The van der Waals surface area contributed by atoms with Crippen LogP contribution in [0.25, 0.3) is 17.0 Å². The van der Waals surface area contributed by atoms with Gasteiger partial charge in [0.15, 0.2) is 0 Å². The summed E-state index contributed by atoms with van der Waals surface area (Å²) in [7, 11) is 1.77. The number of aliphatic hydroxyl groups is 1. The van der Waals surface area contributed by atoms with Gasteiger partial charge in [0.05, 0.1) is 6.54 Å². The quantitative estimate of drug-likeness (QED) is 0.565. The number of furan rings is 1. The SMILES string of the molecule is Cc1c(CN(C)C(=O)/C=C/c2cnc3c(c2)CC2(CNC2)C(O)N3)oc2ccccc12. The highest BCUT2D eigenvalue weighted by Gasteiger charge is 2.47. The number of rotatable bonds is 4. The van der Waals surface area contributed by atoms with Gasteiger partial charge in [-0.25, -0.2) is 4.98 Å². The number of nitrogens with one attached hydrogen (secondary N) is 2. The van der Waals surface area contributed by atoms with E-state index in [0.717, 1.165) is 52.9 Å². The molecule has 1 unspecified atom stereocenters. The Bertz CT molecular complexity index is 1180. The molecule has 4 heterocycles. The van der Waals surface area contributed by atoms with E-state index in [1.807, 2.05) is 37.3 Å². The van der Waals surface area contributed by atoms with Gasteiger partial charge in [-0.2, -0.15) is 0 Å². The number of pyridine rings is 1. The van der Waals surface area contributed by atoms with Gasteiger partial charge in [-0.05, 0) is 42.7 Å². The number of carbonyl (C=O) groups is 1. The molecule has 1 aromatic carbocycles. The lowest BCUT2D eigenvalue weighted by molar-refractivity contribution is -0.125. The minimum Gasteiger partial charge on any atom is -0.459 e. The summed E-state index contributed by atoms with van der Waals surface area (Å²) in [5.41, 5.74) is 3.66. The van der Waals surface area contributed by atoms with Gasteiger partial charge in [-0.3, -0.25) is 4.79 Å². The summed E-state index contributed by atoms with van der Waals surface area (Å²) in [6.45, 7) is 3.99. The normalized spacial score (nSPS) is 19.3. The van der Waals surface area contributed by atoms with Gasteiger partial charge >= 0.3 is 0 Å². The monoisotopic (exact) mass is 418 g/mol. The second kappa shape index (κ2) is 7.51. The third kappa shape index (κ3) is 3.49. The zero-order chi connectivity index (χ0) is 21.6. The molecule has 1 fully saturated rings. The fourth-order valence-electron chi connectivity index (χ4n) is 4.37. The second-order valence-electron chi connectivity index (χ2n) is 8.64. The minimum atomic E-state index is -0.591. The van der Waals surface area contributed by atoms with E-state index in [1.165, 1.54) is 0 Å². The molecule has 3 aromatic rings. The zero-order valence-electron chi connectivity index (χ0n) is 17.7. The van der Waals surface area contributed by atoms with Crippen LogP contribution in [0.15, 0.2) is 47.0 Å². The van der Waals surface area contributed by atoms with Crippen molar-refractivity contribution in [2.45, 2.75) is 26.1 Å². The van der Waals surface area contributed by atoms with Gasteiger partial charge in [0.25, 0.3) is 0 Å². The zero-order valence-corrected chi connectivity index (χ0v) is 17.7. The highest BCUT2D eigenvalue weighted by atomic mass is 16.3. The Balaban J connectivity index is 1.28. The molecular weight excluding hydrogens is 392 g/mol. The van der Waals surface area contributed by atoms with Crippen LogP contribution < -0.4 is 10.6 Å². The lowest BCUT2D eigenvalue weighted by atomic mass is 9.72. The van der Waals surface area contributed by atoms with Gasteiger partial charge in [0.1, 0.15) is 23.4 Å². The number of aliphatic hydroxyl groups excluding tert-OH is 1. The first-order chi connectivity index (χ1) is 14.9. The number of amides is 1. The average Bonchev–Trinajstić information content (AvgIpc) is 3.05. The molecule has 7 heteroatoms. The molecule has 0 saturated carbocycles. The van der Waals surface area contributed by atoms with Crippen molar-refractivity contribution >= 4 is 28.8 Å². The van der Waals surface area contributed by atoms with Crippen molar-refractivity contribution in [1.82, 2.24) is 15.2 Å². The largest absolute Gasteiger partial charge is 0.459 e. The molecule has 1 spiro atoms. The van der Waals surface area contributed by atoms with E-state index in [2.05, 4.69) is 15.6 Å². The van der Waals surface area contributed by atoms with E-state index >= 15 is 0 Å². The number of aryl methyl sites for hydroxylation is 1. The molecule has 0 aliphatic carbocycles. The van der Waals surface area contributed by atoms with Crippen molar-refractivity contribution in [3.63, 3.8) is 0 Å². The number of hydrogen-bond acceptors (Lipinski definition) is 6. The number of likely N-dealkylation sites (N-methyl/N-ethyl adjacent to an activating group) is 1. The average molecular weight is 418 g/mol. The Morgan fingerprint density at radius 1 is 1.39 bits per heavy atom. The maximum absolute atomic E-state index is 12.7. The predicted octanol–water partition coefficient (Wildman–Crippen LogP) is 2.68. The molecule has 7 nitrogen and oxygen atoms in total. The van der Waals surface area contributed by atoms with Crippen molar-refractivity contribution in [2.24, 2.45) is 5.41 Å². The molecule has 1 atom stereocenters. The Morgan fingerprint density at radius 2 is 2.19 bits per heavy atom. The summed E-state index contributed by atoms with van der Waals surface area (Å²) < 4.78 is 5.93. The molecule has 0 radical (unpaired) electrons. The van der Waals surface area contributed by atoms with Crippen molar-refractivity contribution < 1.29 is 14.3 Å². The lowest BCUT2D eigenvalue weighted by Crippen LogP contribution is -2.64. The third-order valence-electron chi connectivity index (χ3n) is 6.46. The summed E-state index contributed by atoms with van der Waals surface area (Å²) in [6.07, 6.45) is 5.23. The number of fused-ring (bicyclic) bond motifs is 2. The van der Waals surface area contributed by atoms with Crippen LogP contribution >= 0.6 is 0 Å². The summed E-state index contributed by atoms with van der Waals surface area (Å²) in [5, 5.41) is 17.8. The number of nitrogens with zero attached hydrogens (tertiary/aromatic N) is 2. The molecule has 1 saturated heterocycles. The van der Waals surface area contributed by atoms with Crippen LogP contribution in [0.2, 0.25) is 0 Å². The first-order valence-electron chi connectivity index (χ1n) is 10.5. The Morgan fingerprint density at radius 3 is 2.94 bits per heavy atom. The van der Waals surface area contributed by atoms with Crippen LogP contribution in [0.3, 0.4) is 0 Å². The van der Waals surface area contributed by atoms with Gasteiger partial charge in [-0.15, -0.1) is 0 Å². The molecule has 160 valence electrons. The fourth-order valence-corrected chi connectivity index (χ4v) is 4.37. The van der Waals surface area contributed by atoms with E-state index in [9.17, 15) is 9.90 Å². The van der Waals surface area contributed by atoms with E-state index in [0.29, 0.717) is 12.4 Å². The van der Waals surface area contributed by atoms with E-state index in [4.69, 9.17) is 4.42 Å². The Hall–Kier alpha value is -3.16. The maximum atomic E-state index is 12.7. The van der Waals surface area contributed by atoms with Crippen molar-refractivity contribution in [3.05, 3.63) is 65.1 Å². The molecule has 3 N–H and O–H groups in total. The van der Waals surface area contributed by atoms with E-state index in [1.54, 1.807) is 30.3 Å². The van der Waals surface area contributed by atoms with Crippen molar-refractivity contribution in [3.8, 4) is 0 Å². The Labute approximate surface area is 180 Å². The van der Waals surface area contributed by atoms with E-state index in [-0.39, 0.29) is 11.3 Å². The Kier molecular flexibility index (Phi) is 4.79. The number of benzene rings is 1. The highest BCUT2D eigenvalue weighted by Crippen LogP contribution is 2.38. The van der Waals surface area contributed by atoms with Gasteiger partial charge < -0.3 is 25.1 Å². The summed E-state index contributed by atoms with van der Waals surface area (Å²) in [4.78, 5) is 18.7. The second-order valence-corrected chi connectivity index (χ2v) is 8.64. The number of aromatic nitrogens is 1. The summed E-state index contributed by atoms with van der Waals surface area (Å²) in [5.74, 6) is 1.40. The lowest BCUT2D eigenvalue weighted by Gasteiger charge is -2.49. The van der Waals surface area contributed by atoms with Crippen LogP contribution in [0.4, 0.5) is 5.82 Å². The van der Waals surface area contributed by atoms with Crippen molar-refractivity contribution in [1.29, 1.82) is 0 Å². The molecule has 0 bridgehead atoms. The number of carbonyl (C=O) groups excluding carboxylic acids is 1. The van der Waals surface area contributed by atoms with Crippen LogP contribution in [-0.2, 0) is 17.8 Å². The third-order valence-corrected chi connectivity index (χ3v) is 6.46. The fraction of sp³-hybridized carbons (Fsp3) is 0.333. The van der Waals surface area contributed by atoms with Crippen LogP contribution in [0.5, 0.6) is 0 Å². The first-order valence-corrected chi connectivity index (χ1v) is 10.5. The van der Waals surface area contributed by atoms with Crippen LogP contribution in [-0.4, -0.2) is 47.3 Å². The molecule has 1 amide bonds. The van der Waals surface area contributed by atoms with Crippen molar-refractivity contribution in [2.75, 3.05) is 25.5 Å². The standard InChI is InChI=1S/C24H26N4O3/c1-15-18-5-3-4-6-19(18)31-20(15)12-28(2)21(29)8-7-16-9-17-10-24(13-25-14-24)23(30)27-22(17)26-11-16/h3-9,11,23,25,30H,10,12-14H2,1-2H3,(H,26,27)/b8-7+. The maximum Gasteiger partial charge on any atom is 0.246 e. The minimum absolute atomic E-state index is 0.106.